The van der Waals surface area contributed by atoms with Gasteiger partial charge in [0.1, 0.15) is 14.3 Å². The largest absolute Gasteiger partial charge is 0.319 e. The molecule has 0 aliphatic carbocycles. The minimum absolute atomic E-state index is 0.584. The molecular formula is C22H25O2P3. The summed E-state index contributed by atoms with van der Waals surface area (Å²) < 4.78 is 27.1. The molecule has 2 nitrogen and oxygen atoms in total. The average Bonchev–Trinajstić information content (AvgIpc) is 2.69. The molecule has 3 rings (SSSR count). The van der Waals surface area contributed by atoms with Crippen molar-refractivity contribution >= 4 is 38.1 Å². The minimum Gasteiger partial charge on any atom is -0.319 e. The van der Waals surface area contributed by atoms with Crippen molar-refractivity contribution in [3.8, 4) is 0 Å². The van der Waals surface area contributed by atoms with Crippen LogP contribution in [0, 0.1) is 0 Å². The van der Waals surface area contributed by atoms with E-state index in [9.17, 15) is 9.13 Å². The SMILES string of the molecule is CP(=O)(CP(CP(C)(=O)c1ccccc1)c1ccccc1)c1ccccc1. The summed E-state index contributed by atoms with van der Waals surface area (Å²) in [6, 6.07) is 29.6. The summed E-state index contributed by atoms with van der Waals surface area (Å²) in [7, 11) is -5.88. The molecule has 0 spiro atoms. The zero-order chi connectivity index (χ0) is 19.3. The van der Waals surface area contributed by atoms with Crippen molar-refractivity contribution in [1.29, 1.82) is 0 Å². The van der Waals surface area contributed by atoms with Crippen molar-refractivity contribution in [1.82, 2.24) is 0 Å². The van der Waals surface area contributed by atoms with Crippen molar-refractivity contribution in [2.24, 2.45) is 0 Å². The first-order chi connectivity index (χ1) is 12.9. The zero-order valence-corrected chi connectivity index (χ0v) is 18.4. The van der Waals surface area contributed by atoms with Crippen molar-refractivity contribution in [2.75, 3.05) is 25.1 Å². The molecule has 27 heavy (non-hydrogen) atoms. The van der Waals surface area contributed by atoms with Gasteiger partial charge in [-0.2, -0.15) is 0 Å². The van der Waals surface area contributed by atoms with Crippen LogP contribution in [0.5, 0.6) is 0 Å². The van der Waals surface area contributed by atoms with Gasteiger partial charge >= 0.3 is 0 Å². The monoisotopic (exact) mass is 414 g/mol. The van der Waals surface area contributed by atoms with Gasteiger partial charge in [-0.15, -0.1) is 0 Å². The predicted molar refractivity (Wildman–Crippen MR) is 122 cm³/mol. The molecular weight excluding hydrogens is 389 g/mol. The lowest BCUT2D eigenvalue weighted by Gasteiger charge is -2.26. The van der Waals surface area contributed by atoms with Crippen LogP contribution in [0.25, 0.3) is 0 Å². The van der Waals surface area contributed by atoms with Crippen LogP contribution in [0.2, 0.25) is 0 Å². The molecule has 0 aliphatic rings. The van der Waals surface area contributed by atoms with Crippen LogP contribution in [-0.2, 0) is 9.13 Å². The van der Waals surface area contributed by atoms with E-state index in [1.807, 2.05) is 92.2 Å². The molecule has 5 heteroatoms. The molecule has 3 aromatic carbocycles. The lowest BCUT2D eigenvalue weighted by Crippen LogP contribution is -2.14. The van der Waals surface area contributed by atoms with E-state index in [0.29, 0.717) is 11.8 Å². The number of hydrogen-bond donors (Lipinski definition) is 0. The van der Waals surface area contributed by atoms with E-state index in [4.69, 9.17) is 0 Å². The Morgan fingerprint density at radius 3 is 1.30 bits per heavy atom. The molecule has 0 aliphatic heterocycles. The smallest absolute Gasteiger partial charge is 0.117 e. The van der Waals surface area contributed by atoms with Crippen LogP contribution in [0.15, 0.2) is 91.0 Å². The Morgan fingerprint density at radius 2 is 0.926 bits per heavy atom. The molecule has 0 radical (unpaired) electrons. The normalized spacial score (nSPS) is 16.8. The fourth-order valence-electron chi connectivity index (χ4n) is 3.15. The Kier molecular flexibility index (Phi) is 6.54. The molecule has 140 valence electrons. The van der Waals surface area contributed by atoms with E-state index in [1.165, 1.54) is 5.30 Å². The first-order valence-electron chi connectivity index (χ1n) is 8.93. The maximum Gasteiger partial charge on any atom is 0.117 e. The maximum absolute atomic E-state index is 13.5. The minimum atomic E-state index is -2.54. The summed E-state index contributed by atoms with van der Waals surface area (Å²) in [5.74, 6) is 1.17. The third kappa shape index (κ3) is 5.30. The summed E-state index contributed by atoms with van der Waals surface area (Å²) in [6.45, 7) is 3.73. The highest BCUT2D eigenvalue weighted by Gasteiger charge is 2.30. The van der Waals surface area contributed by atoms with Gasteiger partial charge in [-0.3, -0.25) is 0 Å². The van der Waals surface area contributed by atoms with Crippen LogP contribution >= 0.6 is 22.2 Å². The second kappa shape index (κ2) is 8.70. The lowest BCUT2D eigenvalue weighted by molar-refractivity contribution is 0.587. The Balaban J connectivity index is 1.93. The average molecular weight is 414 g/mol. The predicted octanol–water partition coefficient (Wildman–Crippen LogP) is 5.35. The summed E-state index contributed by atoms with van der Waals surface area (Å²) in [5.41, 5.74) is 0. The van der Waals surface area contributed by atoms with Crippen LogP contribution in [0.3, 0.4) is 0 Å². The quantitative estimate of drug-likeness (QED) is 0.489. The molecule has 0 amide bonds. The fraction of sp³-hybridized carbons (Fsp3) is 0.182. The zero-order valence-electron chi connectivity index (χ0n) is 15.7. The summed E-state index contributed by atoms with van der Waals surface area (Å²) >= 11 is 0. The van der Waals surface area contributed by atoms with Gasteiger partial charge in [-0.1, -0.05) is 98.9 Å². The third-order valence-corrected chi connectivity index (χ3v) is 15.5. The Labute approximate surface area is 163 Å². The lowest BCUT2D eigenvalue weighted by atomic mass is 10.4. The number of rotatable bonds is 7. The fourth-order valence-corrected chi connectivity index (χ4v) is 14.3. The second-order valence-electron chi connectivity index (χ2n) is 7.03. The Hall–Kier alpha value is -1.45. The van der Waals surface area contributed by atoms with E-state index in [2.05, 4.69) is 12.1 Å². The van der Waals surface area contributed by atoms with Gasteiger partial charge in [0.15, 0.2) is 0 Å². The summed E-state index contributed by atoms with van der Waals surface area (Å²) in [6.07, 6.45) is 0. The Morgan fingerprint density at radius 1 is 0.593 bits per heavy atom. The molecule has 0 saturated carbocycles. The molecule has 2 atom stereocenters. The van der Waals surface area contributed by atoms with E-state index in [0.717, 1.165) is 10.6 Å². The molecule has 0 N–H and O–H groups in total. The molecule has 0 saturated heterocycles. The van der Waals surface area contributed by atoms with Crippen molar-refractivity contribution < 1.29 is 9.13 Å². The van der Waals surface area contributed by atoms with Gasteiger partial charge < -0.3 is 9.13 Å². The van der Waals surface area contributed by atoms with Gasteiger partial charge in [-0.05, 0) is 18.6 Å². The van der Waals surface area contributed by atoms with Crippen LogP contribution in [0.1, 0.15) is 0 Å². The van der Waals surface area contributed by atoms with Crippen LogP contribution in [-0.4, -0.2) is 25.1 Å². The highest BCUT2D eigenvalue weighted by Crippen LogP contribution is 2.60. The van der Waals surface area contributed by atoms with Crippen LogP contribution < -0.4 is 15.9 Å². The first kappa shape index (κ1) is 20.3. The molecule has 0 fully saturated rings. The van der Waals surface area contributed by atoms with Gasteiger partial charge in [0.05, 0.1) is 0 Å². The van der Waals surface area contributed by atoms with Gasteiger partial charge in [0, 0.05) is 22.4 Å². The standard InChI is InChI=1S/C22H25O2P3/c1-26(23,21-14-8-4-9-15-21)18-25(20-12-6-3-7-13-20)19-27(2,24)22-16-10-5-11-17-22/h3-17H,18-19H2,1-2H3. The van der Waals surface area contributed by atoms with Gasteiger partial charge in [-0.25, -0.2) is 0 Å². The second-order valence-corrected chi connectivity index (χ2v) is 16.3. The maximum atomic E-state index is 13.5. The molecule has 3 aromatic rings. The van der Waals surface area contributed by atoms with Gasteiger partial charge in [0.25, 0.3) is 0 Å². The molecule has 0 heterocycles. The Bertz CT molecular complexity index is 895. The van der Waals surface area contributed by atoms with Crippen molar-refractivity contribution in [3.05, 3.63) is 91.0 Å². The topological polar surface area (TPSA) is 34.1 Å². The van der Waals surface area contributed by atoms with E-state index >= 15 is 0 Å². The summed E-state index contributed by atoms with van der Waals surface area (Å²) in [4.78, 5) is 0. The number of benzene rings is 3. The molecule has 0 bridgehead atoms. The van der Waals surface area contributed by atoms with Crippen LogP contribution in [0.4, 0.5) is 0 Å². The molecule has 0 aromatic heterocycles. The molecule has 2 unspecified atom stereocenters. The highest BCUT2D eigenvalue weighted by atomic mass is 31.2. The van der Waals surface area contributed by atoms with E-state index in [-0.39, 0.29) is 0 Å². The van der Waals surface area contributed by atoms with Crippen molar-refractivity contribution in [3.63, 3.8) is 0 Å². The number of hydrogen-bond acceptors (Lipinski definition) is 2. The van der Waals surface area contributed by atoms with Crippen molar-refractivity contribution in [2.45, 2.75) is 0 Å². The first-order valence-corrected chi connectivity index (χ1v) is 15.3. The highest BCUT2D eigenvalue weighted by molar-refractivity contribution is 7.91. The third-order valence-electron chi connectivity index (χ3n) is 4.61. The van der Waals surface area contributed by atoms with E-state index < -0.39 is 22.2 Å². The van der Waals surface area contributed by atoms with E-state index in [1.54, 1.807) is 0 Å². The van der Waals surface area contributed by atoms with Gasteiger partial charge in [0.2, 0.25) is 0 Å². The summed E-state index contributed by atoms with van der Waals surface area (Å²) in [5, 5.41) is 2.97.